The third kappa shape index (κ3) is 5.00. The summed E-state index contributed by atoms with van der Waals surface area (Å²) in [5, 5.41) is 7.78. The van der Waals surface area contributed by atoms with E-state index in [0.717, 1.165) is 33.7 Å². The summed E-state index contributed by atoms with van der Waals surface area (Å²) in [5.41, 5.74) is 11.4. The lowest BCUT2D eigenvalue weighted by Crippen LogP contribution is -1.97. The van der Waals surface area contributed by atoms with Crippen LogP contribution in [0.2, 0.25) is 0 Å². The van der Waals surface area contributed by atoms with Gasteiger partial charge in [-0.2, -0.15) is 0 Å². The van der Waals surface area contributed by atoms with Crippen LogP contribution in [0.4, 0.5) is 0 Å². The molecule has 9 aromatic carbocycles. The molecule has 10 aromatic rings. The Morgan fingerprint density at radius 1 is 0.294 bits per heavy atom. The van der Waals surface area contributed by atoms with Crippen molar-refractivity contribution >= 4 is 43.4 Å². The zero-order valence-corrected chi connectivity index (χ0v) is 27.9. The number of nitrogens with zero attached hydrogens (tertiary/aromatic N) is 2. The summed E-state index contributed by atoms with van der Waals surface area (Å²) in [6, 6.07) is 69.8. The van der Waals surface area contributed by atoms with Gasteiger partial charge in [0, 0.05) is 11.3 Å². The first-order chi connectivity index (χ1) is 25.3. The molecule has 0 saturated carbocycles. The quantitative estimate of drug-likeness (QED) is 0.170. The van der Waals surface area contributed by atoms with E-state index in [1.54, 1.807) is 0 Å². The molecule has 0 aliphatic rings. The van der Waals surface area contributed by atoms with E-state index < -0.39 is 0 Å². The van der Waals surface area contributed by atoms with Crippen LogP contribution in [0.25, 0.3) is 93.8 Å². The predicted octanol–water partition coefficient (Wildman–Crippen LogP) is 13.2. The minimum atomic E-state index is 0.936. The highest BCUT2D eigenvalue weighted by Crippen LogP contribution is 2.38. The molecule has 0 unspecified atom stereocenters. The summed E-state index contributed by atoms with van der Waals surface area (Å²) in [4.78, 5) is 5.10. The maximum Gasteiger partial charge on any atom is 0.145 e. The number of rotatable bonds is 5. The predicted molar refractivity (Wildman–Crippen MR) is 215 cm³/mol. The number of hydrogen-bond donors (Lipinski definition) is 0. The van der Waals surface area contributed by atoms with E-state index in [-0.39, 0.29) is 0 Å². The third-order valence-corrected chi connectivity index (χ3v) is 10.2. The van der Waals surface area contributed by atoms with Crippen LogP contribution in [-0.4, -0.2) is 9.55 Å². The topological polar surface area (TPSA) is 17.8 Å². The molecule has 0 bridgehead atoms. The van der Waals surface area contributed by atoms with E-state index in [0.29, 0.717) is 0 Å². The van der Waals surface area contributed by atoms with Gasteiger partial charge in [0.1, 0.15) is 5.82 Å². The van der Waals surface area contributed by atoms with Crippen molar-refractivity contribution in [3.63, 3.8) is 0 Å². The second-order valence-electron chi connectivity index (χ2n) is 13.2. The molecular weight excluding hydrogens is 617 g/mol. The fourth-order valence-corrected chi connectivity index (χ4v) is 7.72. The van der Waals surface area contributed by atoms with Gasteiger partial charge in [-0.3, -0.25) is 4.57 Å². The average molecular weight is 649 g/mol. The molecule has 0 spiro atoms. The Morgan fingerprint density at radius 3 is 1.39 bits per heavy atom. The standard InChI is InChI=1S/C49H32N2/c1-2-16-40(17-3-1)51-48-23-9-8-22-47(48)50-49(51)39-15-11-14-37(31-39)36-13-10-12-35(30-36)33-24-26-34(27-25-33)38-28-29-45-43-20-5-4-18-41(43)42-19-6-7-21-44(42)46(45)32-38/h1-32H. The lowest BCUT2D eigenvalue weighted by Gasteiger charge is -2.12. The Kier molecular flexibility index (Phi) is 6.85. The molecule has 1 heterocycles. The lowest BCUT2D eigenvalue weighted by molar-refractivity contribution is 1.10. The first kappa shape index (κ1) is 29.2. The summed E-state index contributed by atoms with van der Waals surface area (Å²) >= 11 is 0. The third-order valence-electron chi connectivity index (χ3n) is 10.2. The molecular formula is C49H32N2. The number of imidazole rings is 1. The highest BCUT2D eigenvalue weighted by molar-refractivity contribution is 6.25. The molecule has 0 aliphatic carbocycles. The van der Waals surface area contributed by atoms with Crippen molar-refractivity contribution in [2.75, 3.05) is 0 Å². The van der Waals surface area contributed by atoms with E-state index in [1.165, 1.54) is 60.1 Å². The number of benzene rings is 9. The van der Waals surface area contributed by atoms with Crippen molar-refractivity contribution < 1.29 is 0 Å². The van der Waals surface area contributed by atoms with Crippen molar-refractivity contribution in [1.29, 1.82) is 0 Å². The van der Waals surface area contributed by atoms with Crippen LogP contribution < -0.4 is 0 Å². The molecule has 0 N–H and O–H groups in total. The van der Waals surface area contributed by atoms with Crippen molar-refractivity contribution in [2.45, 2.75) is 0 Å². The summed E-state index contributed by atoms with van der Waals surface area (Å²) in [7, 11) is 0. The van der Waals surface area contributed by atoms with Gasteiger partial charge in [0.25, 0.3) is 0 Å². The van der Waals surface area contributed by atoms with E-state index >= 15 is 0 Å². The summed E-state index contributed by atoms with van der Waals surface area (Å²) in [6.07, 6.45) is 0. The number of hydrogen-bond acceptors (Lipinski definition) is 1. The smallest absolute Gasteiger partial charge is 0.145 e. The largest absolute Gasteiger partial charge is 0.292 e. The minimum absolute atomic E-state index is 0.936. The Morgan fingerprint density at radius 2 is 0.745 bits per heavy atom. The highest BCUT2D eigenvalue weighted by Gasteiger charge is 2.15. The van der Waals surface area contributed by atoms with E-state index in [1.807, 2.05) is 6.07 Å². The fraction of sp³-hybridized carbons (Fsp3) is 0. The highest BCUT2D eigenvalue weighted by atomic mass is 15.1. The van der Waals surface area contributed by atoms with Gasteiger partial charge in [-0.1, -0.05) is 152 Å². The monoisotopic (exact) mass is 648 g/mol. The molecule has 0 saturated heterocycles. The molecule has 2 heteroatoms. The van der Waals surface area contributed by atoms with Gasteiger partial charge in [-0.25, -0.2) is 4.98 Å². The average Bonchev–Trinajstić information content (AvgIpc) is 3.61. The van der Waals surface area contributed by atoms with E-state index in [4.69, 9.17) is 4.98 Å². The van der Waals surface area contributed by atoms with Gasteiger partial charge < -0.3 is 0 Å². The number of fused-ring (bicyclic) bond motifs is 7. The molecule has 0 fully saturated rings. The van der Waals surface area contributed by atoms with Gasteiger partial charge in [0.05, 0.1) is 11.0 Å². The summed E-state index contributed by atoms with van der Waals surface area (Å²) < 4.78 is 2.26. The zero-order valence-electron chi connectivity index (χ0n) is 27.9. The summed E-state index contributed by atoms with van der Waals surface area (Å²) in [5.74, 6) is 0.936. The first-order valence-electron chi connectivity index (χ1n) is 17.5. The van der Waals surface area contributed by atoms with Gasteiger partial charge in [-0.05, 0) is 108 Å². The molecule has 0 amide bonds. The van der Waals surface area contributed by atoms with Crippen molar-refractivity contribution in [3.8, 4) is 50.5 Å². The van der Waals surface area contributed by atoms with Gasteiger partial charge in [0.2, 0.25) is 0 Å². The van der Waals surface area contributed by atoms with Crippen molar-refractivity contribution in [3.05, 3.63) is 194 Å². The maximum absolute atomic E-state index is 5.10. The van der Waals surface area contributed by atoms with Crippen LogP contribution in [0.15, 0.2) is 194 Å². The maximum atomic E-state index is 5.10. The molecule has 0 aliphatic heterocycles. The lowest BCUT2D eigenvalue weighted by atomic mass is 9.91. The van der Waals surface area contributed by atoms with Gasteiger partial charge in [0.15, 0.2) is 0 Å². The fourth-order valence-electron chi connectivity index (χ4n) is 7.72. The van der Waals surface area contributed by atoms with Crippen molar-refractivity contribution in [2.24, 2.45) is 0 Å². The van der Waals surface area contributed by atoms with Crippen LogP contribution in [-0.2, 0) is 0 Å². The SMILES string of the molecule is c1ccc(-n2c(-c3cccc(-c4cccc(-c5ccc(-c6ccc7c8ccccc8c8ccccc8c7c6)cc5)c4)c3)nc3ccccc32)cc1. The molecule has 51 heavy (non-hydrogen) atoms. The van der Waals surface area contributed by atoms with Gasteiger partial charge in [-0.15, -0.1) is 0 Å². The van der Waals surface area contributed by atoms with E-state index in [2.05, 4.69) is 193 Å². The van der Waals surface area contributed by atoms with Crippen LogP contribution in [0.3, 0.4) is 0 Å². The molecule has 238 valence electrons. The van der Waals surface area contributed by atoms with E-state index in [9.17, 15) is 0 Å². The van der Waals surface area contributed by atoms with Crippen LogP contribution in [0.1, 0.15) is 0 Å². The van der Waals surface area contributed by atoms with Crippen LogP contribution in [0, 0.1) is 0 Å². The normalized spacial score (nSPS) is 11.5. The molecule has 10 rings (SSSR count). The Balaban J connectivity index is 0.998. The number of para-hydroxylation sites is 3. The molecule has 0 atom stereocenters. The van der Waals surface area contributed by atoms with Crippen LogP contribution >= 0.6 is 0 Å². The molecule has 1 aromatic heterocycles. The molecule has 0 radical (unpaired) electrons. The number of aromatic nitrogens is 2. The second-order valence-corrected chi connectivity index (χ2v) is 13.2. The zero-order chi connectivity index (χ0) is 33.7. The Hall–Kier alpha value is -6.77. The molecule has 2 nitrogen and oxygen atoms in total. The Bertz CT molecular complexity index is 2860. The van der Waals surface area contributed by atoms with Gasteiger partial charge >= 0.3 is 0 Å². The van der Waals surface area contributed by atoms with Crippen LogP contribution in [0.5, 0.6) is 0 Å². The first-order valence-corrected chi connectivity index (χ1v) is 17.5. The summed E-state index contributed by atoms with van der Waals surface area (Å²) in [6.45, 7) is 0. The minimum Gasteiger partial charge on any atom is -0.292 e. The van der Waals surface area contributed by atoms with Crippen molar-refractivity contribution in [1.82, 2.24) is 9.55 Å². The second kappa shape index (κ2) is 12.0. The Labute approximate surface area is 296 Å².